The van der Waals surface area contributed by atoms with E-state index in [1.807, 2.05) is 6.07 Å². The molecule has 0 saturated carbocycles. The first-order chi connectivity index (χ1) is 11.9. The van der Waals surface area contributed by atoms with Crippen molar-refractivity contribution in [2.45, 2.75) is 11.4 Å². The Morgan fingerprint density at radius 3 is 2.48 bits per heavy atom. The zero-order valence-corrected chi connectivity index (χ0v) is 17.6. The highest BCUT2D eigenvalue weighted by molar-refractivity contribution is 9.11. The molecular formula is C16H18BrClN2O3S2. The van der Waals surface area contributed by atoms with Crippen LogP contribution >= 0.6 is 38.9 Å². The lowest BCUT2D eigenvalue weighted by atomic mass is 10.3. The molecule has 9 heteroatoms. The minimum atomic E-state index is -3.54. The summed E-state index contributed by atoms with van der Waals surface area (Å²) >= 11 is 11.2. The number of thiophene rings is 1. The van der Waals surface area contributed by atoms with Gasteiger partial charge in [0.2, 0.25) is 10.0 Å². The molecule has 0 spiro atoms. The summed E-state index contributed by atoms with van der Waals surface area (Å²) in [5.74, 6) is 0.465. The molecule has 0 unspecified atom stereocenters. The second-order valence-electron chi connectivity index (χ2n) is 5.68. The van der Waals surface area contributed by atoms with Crippen LogP contribution in [0, 0.1) is 0 Å². The van der Waals surface area contributed by atoms with Crippen molar-refractivity contribution < 1.29 is 13.2 Å². The molecule has 5 nitrogen and oxygen atoms in total. The fourth-order valence-corrected chi connectivity index (χ4v) is 6.04. The van der Waals surface area contributed by atoms with Gasteiger partial charge in [-0.05, 0) is 46.3 Å². The van der Waals surface area contributed by atoms with Crippen LogP contribution in [0.5, 0.6) is 5.75 Å². The van der Waals surface area contributed by atoms with Gasteiger partial charge in [0.15, 0.2) is 0 Å². The Hall–Kier alpha value is -0.640. The van der Waals surface area contributed by atoms with Crippen molar-refractivity contribution in [1.82, 2.24) is 9.21 Å². The van der Waals surface area contributed by atoms with Gasteiger partial charge < -0.3 is 4.74 Å². The lowest BCUT2D eigenvalue weighted by molar-refractivity contribution is 0.183. The highest BCUT2D eigenvalue weighted by atomic mass is 79.9. The molecule has 0 amide bonds. The van der Waals surface area contributed by atoms with E-state index in [9.17, 15) is 8.42 Å². The molecule has 2 heterocycles. The van der Waals surface area contributed by atoms with Crippen LogP contribution in [0.25, 0.3) is 0 Å². The Morgan fingerprint density at radius 1 is 1.20 bits per heavy atom. The number of hydrogen-bond acceptors (Lipinski definition) is 5. The van der Waals surface area contributed by atoms with E-state index in [-0.39, 0.29) is 4.90 Å². The molecule has 0 aliphatic carbocycles. The van der Waals surface area contributed by atoms with Gasteiger partial charge in [0, 0.05) is 37.6 Å². The van der Waals surface area contributed by atoms with E-state index in [4.69, 9.17) is 16.3 Å². The fourth-order valence-electron chi connectivity index (χ4n) is 2.74. The van der Waals surface area contributed by atoms with Crippen molar-refractivity contribution in [2.75, 3.05) is 33.3 Å². The Kier molecular flexibility index (Phi) is 6.07. The van der Waals surface area contributed by atoms with Crippen molar-refractivity contribution in [3.05, 3.63) is 44.0 Å². The molecule has 0 N–H and O–H groups in total. The number of methoxy groups -OCH3 is 1. The predicted octanol–water partition coefficient (Wildman–Crippen LogP) is 3.68. The molecule has 1 aromatic heterocycles. The van der Waals surface area contributed by atoms with Gasteiger partial charge in [-0.3, -0.25) is 4.90 Å². The van der Waals surface area contributed by atoms with Crippen LogP contribution in [0.3, 0.4) is 0 Å². The van der Waals surface area contributed by atoms with Gasteiger partial charge in [-0.1, -0.05) is 11.6 Å². The number of benzene rings is 1. The summed E-state index contributed by atoms with van der Waals surface area (Å²) in [6, 6.07) is 8.70. The third-order valence-corrected chi connectivity index (χ3v) is 7.90. The fraction of sp³-hybridized carbons (Fsp3) is 0.375. The van der Waals surface area contributed by atoms with E-state index in [0.29, 0.717) is 37.0 Å². The number of ether oxygens (including phenoxy) is 1. The highest BCUT2D eigenvalue weighted by Gasteiger charge is 2.29. The smallest absolute Gasteiger partial charge is 0.243 e. The van der Waals surface area contributed by atoms with Gasteiger partial charge in [-0.25, -0.2) is 8.42 Å². The van der Waals surface area contributed by atoms with Gasteiger partial charge in [-0.15, -0.1) is 11.3 Å². The van der Waals surface area contributed by atoms with E-state index < -0.39 is 10.0 Å². The molecule has 2 aromatic rings. The first-order valence-corrected chi connectivity index (χ1v) is 11.1. The number of rotatable bonds is 5. The third kappa shape index (κ3) is 4.37. The summed E-state index contributed by atoms with van der Waals surface area (Å²) in [5, 5.41) is 0.297. The van der Waals surface area contributed by atoms with E-state index in [1.165, 1.54) is 28.4 Å². The molecule has 1 aliphatic rings. The van der Waals surface area contributed by atoms with Crippen LogP contribution < -0.4 is 4.74 Å². The van der Waals surface area contributed by atoms with Gasteiger partial charge >= 0.3 is 0 Å². The van der Waals surface area contributed by atoms with Crippen molar-refractivity contribution in [3.8, 4) is 5.75 Å². The van der Waals surface area contributed by atoms with E-state index >= 15 is 0 Å². The Morgan fingerprint density at radius 2 is 1.92 bits per heavy atom. The lowest BCUT2D eigenvalue weighted by Gasteiger charge is -2.33. The molecule has 1 aliphatic heterocycles. The van der Waals surface area contributed by atoms with Crippen molar-refractivity contribution in [3.63, 3.8) is 0 Å². The maximum absolute atomic E-state index is 12.8. The van der Waals surface area contributed by atoms with Gasteiger partial charge in [0.05, 0.1) is 20.8 Å². The summed E-state index contributed by atoms with van der Waals surface area (Å²) in [6.45, 7) is 3.20. The Labute approximate surface area is 165 Å². The minimum Gasteiger partial charge on any atom is -0.495 e. The number of nitrogens with zero attached hydrogens (tertiary/aromatic N) is 2. The second-order valence-corrected chi connectivity index (χ2v) is 10.6. The average molecular weight is 466 g/mol. The van der Waals surface area contributed by atoms with E-state index in [1.54, 1.807) is 17.4 Å². The standard InChI is InChI=1S/C16H18BrClN2O3S2/c1-23-15-4-3-13(10-14(15)18)25(21,22)20-8-6-19(7-9-20)11-12-2-5-16(17)24-12/h2-5,10H,6-9,11H2,1H3. The van der Waals surface area contributed by atoms with Crippen LogP contribution in [-0.2, 0) is 16.6 Å². The Bertz CT molecular complexity index is 849. The molecule has 1 fully saturated rings. The lowest BCUT2D eigenvalue weighted by Crippen LogP contribution is -2.48. The molecule has 0 bridgehead atoms. The third-order valence-electron chi connectivity index (χ3n) is 4.10. The van der Waals surface area contributed by atoms with Crippen LogP contribution in [0.15, 0.2) is 39.0 Å². The topological polar surface area (TPSA) is 49.9 Å². The quantitative estimate of drug-likeness (QED) is 0.676. The van der Waals surface area contributed by atoms with E-state index in [2.05, 4.69) is 26.9 Å². The zero-order valence-electron chi connectivity index (χ0n) is 13.6. The predicted molar refractivity (Wildman–Crippen MR) is 104 cm³/mol. The molecule has 0 radical (unpaired) electrons. The molecule has 1 aromatic carbocycles. The number of piperazine rings is 1. The summed E-state index contributed by atoms with van der Waals surface area (Å²) in [7, 11) is -2.04. The van der Waals surface area contributed by atoms with Crippen molar-refractivity contribution in [1.29, 1.82) is 0 Å². The number of sulfonamides is 1. The van der Waals surface area contributed by atoms with Gasteiger partial charge in [0.25, 0.3) is 0 Å². The van der Waals surface area contributed by atoms with Crippen molar-refractivity contribution >= 4 is 48.9 Å². The molecule has 136 valence electrons. The molecule has 1 saturated heterocycles. The van der Waals surface area contributed by atoms with Crippen LogP contribution in [-0.4, -0.2) is 50.9 Å². The first kappa shape index (κ1) is 19.1. The Balaban J connectivity index is 1.66. The summed E-state index contributed by atoms with van der Waals surface area (Å²) in [5.41, 5.74) is 0. The molecule has 3 rings (SSSR count). The summed E-state index contributed by atoms with van der Waals surface area (Å²) in [6.07, 6.45) is 0. The average Bonchev–Trinajstić information content (AvgIpc) is 3.00. The maximum Gasteiger partial charge on any atom is 0.243 e. The SMILES string of the molecule is COc1ccc(S(=O)(=O)N2CCN(Cc3ccc(Br)s3)CC2)cc1Cl. The zero-order chi connectivity index (χ0) is 18.0. The highest BCUT2D eigenvalue weighted by Crippen LogP contribution is 2.29. The van der Waals surface area contributed by atoms with Gasteiger partial charge in [0.1, 0.15) is 5.75 Å². The molecule has 0 atom stereocenters. The van der Waals surface area contributed by atoms with Crippen molar-refractivity contribution in [2.24, 2.45) is 0 Å². The largest absolute Gasteiger partial charge is 0.495 e. The summed E-state index contributed by atoms with van der Waals surface area (Å²) < 4.78 is 33.3. The normalized spacial score (nSPS) is 16.9. The van der Waals surface area contributed by atoms with Gasteiger partial charge in [-0.2, -0.15) is 4.31 Å². The maximum atomic E-state index is 12.8. The minimum absolute atomic E-state index is 0.203. The van der Waals surface area contributed by atoms with E-state index in [0.717, 1.165) is 10.3 Å². The monoisotopic (exact) mass is 464 g/mol. The van der Waals surface area contributed by atoms with Crippen LogP contribution in [0.4, 0.5) is 0 Å². The summed E-state index contributed by atoms with van der Waals surface area (Å²) in [4.78, 5) is 3.74. The number of halogens is 2. The number of hydrogen-bond donors (Lipinski definition) is 0. The van der Waals surface area contributed by atoms with Crippen LogP contribution in [0.1, 0.15) is 4.88 Å². The first-order valence-electron chi connectivity index (χ1n) is 7.70. The van der Waals surface area contributed by atoms with Crippen LogP contribution in [0.2, 0.25) is 5.02 Å². The molecule has 25 heavy (non-hydrogen) atoms. The molecular weight excluding hydrogens is 448 g/mol. The second kappa shape index (κ2) is 7.94.